The van der Waals surface area contributed by atoms with E-state index in [1.54, 1.807) is 23.9 Å². The van der Waals surface area contributed by atoms with Crippen LogP contribution < -0.4 is 0 Å². The van der Waals surface area contributed by atoms with E-state index in [1.807, 2.05) is 24.7 Å². The molecule has 0 spiro atoms. The molecule has 0 aliphatic rings. The van der Waals surface area contributed by atoms with Crippen molar-refractivity contribution in [1.29, 1.82) is 5.26 Å². The molecule has 0 amide bonds. The summed E-state index contributed by atoms with van der Waals surface area (Å²) >= 11 is 0. The van der Waals surface area contributed by atoms with Gasteiger partial charge in [-0.05, 0) is 19.9 Å². The predicted octanol–water partition coefficient (Wildman–Crippen LogP) is 1.96. The van der Waals surface area contributed by atoms with Crippen molar-refractivity contribution in [2.45, 2.75) is 20.4 Å². The Morgan fingerprint density at radius 2 is 2.25 bits per heavy atom. The van der Waals surface area contributed by atoms with Gasteiger partial charge in [0.1, 0.15) is 11.8 Å². The minimum atomic E-state index is -0.360. The van der Waals surface area contributed by atoms with Crippen molar-refractivity contribution >= 4 is 5.97 Å². The summed E-state index contributed by atoms with van der Waals surface area (Å²) in [4.78, 5) is 15.9. The lowest BCUT2D eigenvalue weighted by Gasteiger charge is -2.04. The molecular formula is C14H16N4O2. The van der Waals surface area contributed by atoms with Crippen LogP contribution in [0, 0.1) is 11.3 Å². The Balaban J connectivity index is 2.52. The fourth-order valence-electron chi connectivity index (χ4n) is 2.13. The van der Waals surface area contributed by atoms with Gasteiger partial charge in [0, 0.05) is 25.4 Å². The maximum absolute atomic E-state index is 11.9. The average Bonchev–Trinajstić information content (AvgIpc) is 3.01. The molecular weight excluding hydrogens is 256 g/mol. The van der Waals surface area contributed by atoms with Crippen molar-refractivity contribution in [3.63, 3.8) is 0 Å². The molecule has 0 aromatic carbocycles. The van der Waals surface area contributed by atoms with Gasteiger partial charge in [-0.3, -0.25) is 0 Å². The fourth-order valence-corrected chi connectivity index (χ4v) is 2.13. The van der Waals surface area contributed by atoms with Crippen LogP contribution in [0.3, 0.4) is 0 Å². The topological polar surface area (TPSA) is 72.8 Å². The van der Waals surface area contributed by atoms with Crippen LogP contribution >= 0.6 is 0 Å². The van der Waals surface area contributed by atoms with E-state index >= 15 is 0 Å². The third-order valence-corrected chi connectivity index (χ3v) is 3.04. The molecule has 0 fully saturated rings. The molecule has 0 N–H and O–H groups in total. The predicted molar refractivity (Wildman–Crippen MR) is 73.0 cm³/mol. The Morgan fingerprint density at radius 3 is 2.85 bits per heavy atom. The van der Waals surface area contributed by atoms with Crippen LogP contribution in [-0.4, -0.2) is 26.7 Å². The van der Waals surface area contributed by atoms with E-state index in [4.69, 9.17) is 10.00 Å². The van der Waals surface area contributed by atoms with Crippen LogP contribution in [0.25, 0.3) is 11.3 Å². The number of esters is 1. The second-order valence-electron chi connectivity index (χ2n) is 4.28. The second-order valence-corrected chi connectivity index (χ2v) is 4.28. The zero-order chi connectivity index (χ0) is 14.7. The summed E-state index contributed by atoms with van der Waals surface area (Å²) in [6.07, 6.45) is 3.42. The number of carbonyl (C=O) groups is 1. The third kappa shape index (κ3) is 2.30. The molecule has 0 saturated carbocycles. The molecule has 2 rings (SSSR count). The smallest absolute Gasteiger partial charge is 0.354 e. The number of imidazole rings is 1. The van der Waals surface area contributed by atoms with Gasteiger partial charge in [0.05, 0.1) is 18.6 Å². The van der Waals surface area contributed by atoms with Crippen molar-refractivity contribution in [3.8, 4) is 17.3 Å². The summed E-state index contributed by atoms with van der Waals surface area (Å²) in [5, 5.41) is 9.10. The molecule has 2 aromatic heterocycles. The highest BCUT2D eigenvalue weighted by molar-refractivity contribution is 5.90. The summed E-state index contributed by atoms with van der Waals surface area (Å²) in [5.74, 6) is -0.360. The molecule has 0 aliphatic carbocycles. The summed E-state index contributed by atoms with van der Waals surface area (Å²) in [7, 11) is 1.82. The minimum Gasteiger partial charge on any atom is -0.461 e. The van der Waals surface area contributed by atoms with Gasteiger partial charge in [0.2, 0.25) is 0 Å². The van der Waals surface area contributed by atoms with Crippen LogP contribution in [0.1, 0.15) is 30.0 Å². The lowest BCUT2D eigenvalue weighted by molar-refractivity contribution is 0.0514. The van der Waals surface area contributed by atoms with Gasteiger partial charge in [0.25, 0.3) is 0 Å². The summed E-state index contributed by atoms with van der Waals surface area (Å²) < 4.78 is 8.61. The highest BCUT2D eigenvalue weighted by Gasteiger charge is 2.18. The third-order valence-electron chi connectivity index (χ3n) is 3.04. The van der Waals surface area contributed by atoms with Gasteiger partial charge >= 0.3 is 5.97 Å². The zero-order valence-electron chi connectivity index (χ0n) is 11.8. The summed E-state index contributed by atoms with van der Waals surface area (Å²) in [5.41, 5.74) is 2.31. The van der Waals surface area contributed by atoms with Crippen molar-refractivity contribution in [3.05, 3.63) is 30.0 Å². The molecule has 0 bridgehead atoms. The average molecular weight is 272 g/mol. The number of rotatable bonds is 4. The highest BCUT2D eigenvalue weighted by Crippen LogP contribution is 2.25. The number of aryl methyl sites for hydroxylation is 2. The van der Waals surface area contributed by atoms with Crippen LogP contribution in [-0.2, 0) is 18.3 Å². The van der Waals surface area contributed by atoms with Crippen molar-refractivity contribution in [2.75, 3.05) is 6.61 Å². The van der Waals surface area contributed by atoms with Gasteiger partial charge in [-0.1, -0.05) is 0 Å². The molecule has 0 radical (unpaired) electrons. The first kappa shape index (κ1) is 13.9. The Kier molecular flexibility index (Phi) is 3.89. The number of nitrogens with zero attached hydrogens (tertiary/aromatic N) is 4. The molecule has 0 unspecified atom stereocenters. The van der Waals surface area contributed by atoms with Gasteiger partial charge < -0.3 is 13.9 Å². The van der Waals surface area contributed by atoms with Crippen molar-refractivity contribution < 1.29 is 9.53 Å². The largest absolute Gasteiger partial charge is 0.461 e. The molecule has 104 valence electrons. The van der Waals surface area contributed by atoms with Crippen LogP contribution in [0.5, 0.6) is 0 Å². The normalized spacial score (nSPS) is 10.3. The number of carbonyl (C=O) groups excluding carboxylic acids is 1. The number of nitriles is 1. The lowest BCUT2D eigenvalue weighted by Crippen LogP contribution is -2.10. The van der Waals surface area contributed by atoms with Crippen molar-refractivity contribution in [1.82, 2.24) is 14.1 Å². The van der Waals surface area contributed by atoms with Gasteiger partial charge in [0.15, 0.2) is 5.69 Å². The van der Waals surface area contributed by atoms with E-state index < -0.39 is 0 Å². The Labute approximate surface area is 117 Å². The maximum atomic E-state index is 11.9. The van der Waals surface area contributed by atoms with Gasteiger partial charge in [-0.15, -0.1) is 0 Å². The van der Waals surface area contributed by atoms with E-state index in [0.29, 0.717) is 30.2 Å². The Bertz CT molecular complexity index is 676. The molecule has 0 atom stereocenters. The first-order chi connectivity index (χ1) is 9.62. The monoisotopic (exact) mass is 272 g/mol. The standard InChI is InChI=1S/C14H16N4O2/c1-4-18-8-10(6-12(18)14(19)20-5-2)13-11(7-15)16-9-17(13)3/h6,8-9H,4-5H2,1-3H3. The molecule has 0 saturated heterocycles. The quantitative estimate of drug-likeness (QED) is 0.797. The van der Waals surface area contributed by atoms with E-state index in [9.17, 15) is 4.79 Å². The van der Waals surface area contributed by atoms with E-state index in [0.717, 1.165) is 5.56 Å². The first-order valence-electron chi connectivity index (χ1n) is 6.41. The molecule has 2 heterocycles. The SMILES string of the molecule is CCOC(=O)c1cc(-c2c(C#N)ncn2C)cn1CC. The Morgan fingerprint density at radius 1 is 1.50 bits per heavy atom. The molecule has 0 aliphatic heterocycles. The van der Waals surface area contributed by atoms with Crippen LogP contribution in [0.4, 0.5) is 0 Å². The fraction of sp³-hybridized carbons (Fsp3) is 0.357. The molecule has 20 heavy (non-hydrogen) atoms. The Hall–Kier alpha value is -2.55. The number of aromatic nitrogens is 3. The van der Waals surface area contributed by atoms with Crippen LogP contribution in [0.15, 0.2) is 18.6 Å². The number of ether oxygens (including phenoxy) is 1. The van der Waals surface area contributed by atoms with E-state index in [-0.39, 0.29) is 5.97 Å². The van der Waals surface area contributed by atoms with Crippen molar-refractivity contribution in [2.24, 2.45) is 7.05 Å². The van der Waals surface area contributed by atoms with Gasteiger partial charge in [-0.25, -0.2) is 9.78 Å². The van der Waals surface area contributed by atoms with Gasteiger partial charge in [-0.2, -0.15) is 5.26 Å². The summed E-state index contributed by atoms with van der Waals surface area (Å²) in [6.45, 7) is 4.69. The van der Waals surface area contributed by atoms with E-state index in [1.165, 1.54) is 0 Å². The molecule has 6 nitrogen and oxygen atoms in total. The second kappa shape index (κ2) is 5.61. The molecule has 6 heteroatoms. The minimum absolute atomic E-state index is 0.332. The van der Waals surface area contributed by atoms with E-state index in [2.05, 4.69) is 11.1 Å². The zero-order valence-corrected chi connectivity index (χ0v) is 11.8. The highest BCUT2D eigenvalue weighted by atomic mass is 16.5. The number of hydrogen-bond acceptors (Lipinski definition) is 4. The van der Waals surface area contributed by atoms with Crippen LogP contribution in [0.2, 0.25) is 0 Å². The summed E-state index contributed by atoms with van der Waals surface area (Å²) in [6, 6.07) is 3.79. The number of hydrogen-bond donors (Lipinski definition) is 0. The first-order valence-corrected chi connectivity index (χ1v) is 6.41. The lowest BCUT2D eigenvalue weighted by atomic mass is 10.2. The maximum Gasteiger partial charge on any atom is 0.354 e. The molecule has 2 aromatic rings.